The van der Waals surface area contributed by atoms with E-state index in [2.05, 4.69) is 0 Å². The standard InChI is InChI=1S/C13H8ClFO/c14-11-4-5-13(10(6-11)8-16)9-2-1-3-12(15)7-9/h1-8H. The molecule has 3 heteroatoms. The Kier molecular flexibility index (Phi) is 3.02. The van der Waals surface area contributed by atoms with Crippen LogP contribution < -0.4 is 0 Å². The molecule has 0 aliphatic heterocycles. The molecule has 1 nitrogen and oxygen atoms in total. The molecule has 0 N–H and O–H groups in total. The van der Waals surface area contributed by atoms with Gasteiger partial charge >= 0.3 is 0 Å². The van der Waals surface area contributed by atoms with Crippen LogP contribution in [0.25, 0.3) is 11.1 Å². The summed E-state index contributed by atoms with van der Waals surface area (Å²) >= 11 is 5.78. The van der Waals surface area contributed by atoms with E-state index in [-0.39, 0.29) is 5.82 Å². The molecular formula is C13H8ClFO. The molecule has 0 aromatic heterocycles. The minimum Gasteiger partial charge on any atom is -0.298 e. The first-order valence-corrected chi connectivity index (χ1v) is 5.09. The van der Waals surface area contributed by atoms with Gasteiger partial charge in [0, 0.05) is 10.6 Å². The molecule has 2 aromatic carbocycles. The third-order valence-corrected chi connectivity index (χ3v) is 2.51. The maximum absolute atomic E-state index is 13.1. The number of rotatable bonds is 2. The SMILES string of the molecule is O=Cc1cc(Cl)ccc1-c1cccc(F)c1. The Labute approximate surface area is 97.5 Å². The normalized spacial score (nSPS) is 10.1. The smallest absolute Gasteiger partial charge is 0.150 e. The van der Waals surface area contributed by atoms with E-state index in [0.29, 0.717) is 28.0 Å². The molecule has 2 aromatic rings. The van der Waals surface area contributed by atoms with Gasteiger partial charge in [-0.25, -0.2) is 4.39 Å². The van der Waals surface area contributed by atoms with Crippen molar-refractivity contribution in [3.8, 4) is 11.1 Å². The van der Waals surface area contributed by atoms with E-state index in [4.69, 9.17) is 11.6 Å². The molecule has 0 spiro atoms. The average Bonchev–Trinajstić information content (AvgIpc) is 2.28. The second kappa shape index (κ2) is 4.45. The van der Waals surface area contributed by atoms with E-state index >= 15 is 0 Å². The lowest BCUT2D eigenvalue weighted by atomic mass is 10.0. The molecular weight excluding hydrogens is 227 g/mol. The van der Waals surface area contributed by atoms with E-state index in [1.807, 2.05) is 0 Å². The Morgan fingerprint density at radius 2 is 1.94 bits per heavy atom. The van der Waals surface area contributed by atoms with Crippen molar-refractivity contribution in [3.63, 3.8) is 0 Å². The second-order valence-electron chi connectivity index (χ2n) is 3.36. The largest absolute Gasteiger partial charge is 0.298 e. The van der Waals surface area contributed by atoms with Gasteiger partial charge < -0.3 is 0 Å². The van der Waals surface area contributed by atoms with Gasteiger partial charge in [0.2, 0.25) is 0 Å². The highest BCUT2D eigenvalue weighted by molar-refractivity contribution is 6.31. The molecule has 80 valence electrons. The molecule has 0 saturated carbocycles. The first-order valence-electron chi connectivity index (χ1n) is 4.71. The summed E-state index contributed by atoms with van der Waals surface area (Å²) in [5.74, 6) is -0.329. The number of aldehydes is 1. The van der Waals surface area contributed by atoms with Crippen LogP contribution in [-0.4, -0.2) is 6.29 Å². The number of carbonyl (C=O) groups is 1. The molecule has 0 aliphatic carbocycles. The fourth-order valence-corrected chi connectivity index (χ4v) is 1.73. The quantitative estimate of drug-likeness (QED) is 0.719. The molecule has 0 radical (unpaired) electrons. The van der Waals surface area contributed by atoms with Crippen molar-refractivity contribution < 1.29 is 9.18 Å². The summed E-state index contributed by atoms with van der Waals surface area (Å²) in [5, 5.41) is 0.488. The van der Waals surface area contributed by atoms with Crippen molar-refractivity contribution in [2.24, 2.45) is 0 Å². The summed E-state index contributed by atoms with van der Waals surface area (Å²) in [7, 11) is 0. The Morgan fingerprint density at radius 1 is 1.12 bits per heavy atom. The highest BCUT2D eigenvalue weighted by atomic mass is 35.5. The maximum Gasteiger partial charge on any atom is 0.150 e. The van der Waals surface area contributed by atoms with Gasteiger partial charge in [-0.1, -0.05) is 29.8 Å². The molecule has 16 heavy (non-hydrogen) atoms. The number of hydrogen-bond acceptors (Lipinski definition) is 1. The number of hydrogen-bond donors (Lipinski definition) is 0. The molecule has 0 atom stereocenters. The maximum atomic E-state index is 13.1. The topological polar surface area (TPSA) is 17.1 Å². The minimum absolute atomic E-state index is 0.329. The summed E-state index contributed by atoms with van der Waals surface area (Å²) in [5.41, 5.74) is 1.80. The lowest BCUT2D eigenvalue weighted by Crippen LogP contribution is -1.88. The number of carbonyl (C=O) groups excluding carboxylic acids is 1. The van der Waals surface area contributed by atoms with Crippen molar-refractivity contribution in [2.75, 3.05) is 0 Å². The Balaban J connectivity index is 2.59. The molecule has 2 rings (SSSR count). The highest BCUT2D eigenvalue weighted by Crippen LogP contribution is 2.25. The zero-order chi connectivity index (χ0) is 11.5. The summed E-state index contributed by atoms with van der Waals surface area (Å²) in [6.45, 7) is 0. The van der Waals surface area contributed by atoms with Gasteiger partial charge in [0.15, 0.2) is 6.29 Å². The first kappa shape index (κ1) is 10.8. The molecule has 0 bridgehead atoms. The number of halogens is 2. The van der Waals surface area contributed by atoms with Gasteiger partial charge in [-0.15, -0.1) is 0 Å². The van der Waals surface area contributed by atoms with Crippen LogP contribution in [-0.2, 0) is 0 Å². The van der Waals surface area contributed by atoms with Crippen LogP contribution in [0.15, 0.2) is 42.5 Å². The minimum atomic E-state index is -0.329. The first-order chi connectivity index (χ1) is 7.70. The van der Waals surface area contributed by atoms with E-state index in [1.165, 1.54) is 12.1 Å². The predicted octanol–water partition coefficient (Wildman–Crippen LogP) is 3.96. The fraction of sp³-hybridized carbons (Fsp3) is 0. The molecule has 0 fully saturated rings. The molecule has 0 amide bonds. The van der Waals surface area contributed by atoms with Crippen molar-refractivity contribution in [1.82, 2.24) is 0 Å². The second-order valence-corrected chi connectivity index (χ2v) is 3.80. The van der Waals surface area contributed by atoms with Crippen LogP contribution in [0.2, 0.25) is 5.02 Å². The van der Waals surface area contributed by atoms with Crippen molar-refractivity contribution in [3.05, 3.63) is 58.9 Å². The lowest BCUT2D eigenvalue weighted by Gasteiger charge is -2.05. The monoisotopic (exact) mass is 234 g/mol. The van der Waals surface area contributed by atoms with Gasteiger partial charge in [0.25, 0.3) is 0 Å². The zero-order valence-corrected chi connectivity index (χ0v) is 9.04. The van der Waals surface area contributed by atoms with E-state index in [9.17, 15) is 9.18 Å². The average molecular weight is 235 g/mol. The predicted molar refractivity (Wildman–Crippen MR) is 62.2 cm³/mol. The van der Waals surface area contributed by atoms with E-state index < -0.39 is 0 Å². The Morgan fingerprint density at radius 3 is 2.62 bits per heavy atom. The third kappa shape index (κ3) is 2.12. The van der Waals surface area contributed by atoms with E-state index in [0.717, 1.165) is 0 Å². The van der Waals surface area contributed by atoms with Gasteiger partial charge in [-0.05, 0) is 35.4 Å². The van der Waals surface area contributed by atoms with Crippen LogP contribution in [0.5, 0.6) is 0 Å². The van der Waals surface area contributed by atoms with Crippen molar-refractivity contribution in [1.29, 1.82) is 0 Å². The van der Waals surface area contributed by atoms with Crippen molar-refractivity contribution >= 4 is 17.9 Å². The summed E-state index contributed by atoms with van der Waals surface area (Å²) in [6.07, 6.45) is 0.714. The van der Waals surface area contributed by atoms with Crippen LogP contribution in [0.3, 0.4) is 0 Å². The molecule has 0 saturated heterocycles. The zero-order valence-electron chi connectivity index (χ0n) is 8.28. The molecule has 0 unspecified atom stereocenters. The third-order valence-electron chi connectivity index (χ3n) is 2.28. The fourth-order valence-electron chi connectivity index (χ4n) is 1.55. The summed E-state index contributed by atoms with van der Waals surface area (Å²) in [4.78, 5) is 10.9. The van der Waals surface area contributed by atoms with Gasteiger partial charge in [-0.3, -0.25) is 4.79 Å². The number of benzene rings is 2. The van der Waals surface area contributed by atoms with E-state index in [1.54, 1.807) is 30.3 Å². The van der Waals surface area contributed by atoms with Crippen LogP contribution >= 0.6 is 11.6 Å². The van der Waals surface area contributed by atoms with Crippen molar-refractivity contribution in [2.45, 2.75) is 0 Å². The molecule has 0 aliphatic rings. The summed E-state index contributed by atoms with van der Waals surface area (Å²) < 4.78 is 13.1. The van der Waals surface area contributed by atoms with Gasteiger partial charge in [0.1, 0.15) is 5.82 Å². The highest BCUT2D eigenvalue weighted by Gasteiger charge is 2.05. The summed E-state index contributed by atoms with van der Waals surface area (Å²) in [6, 6.07) is 11.0. The van der Waals surface area contributed by atoms with Crippen LogP contribution in [0, 0.1) is 5.82 Å². The van der Waals surface area contributed by atoms with Crippen LogP contribution in [0.4, 0.5) is 4.39 Å². The van der Waals surface area contributed by atoms with Crippen LogP contribution in [0.1, 0.15) is 10.4 Å². The van der Waals surface area contributed by atoms with Gasteiger partial charge in [0.05, 0.1) is 0 Å². The lowest BCUT2D eigenvalue weighted by molar-refractivity contribution is 0.112. The Bertz CT molecular complexity index is 537. The molecule has 0 heterocycles. The Hall–Kier alpha value is -1.67. The van der Waals surface area contributed by atoms with Gasteiger partial charge in [-0.2, -0.15) is 0 Å².